The van der Waals surface area contributed by atoms with E-state index in [1.54, 1.807) is 36.4 Å². The molecule has 0 unspecified atom stereocenters. The lowest BCUT2D eigenvalue weighted by molar-refractivity contribution is -0.148. The summed E-state index contributed by atoms with van der Waals surface area (Å²) in [6.45, 7) is 5.43. The van der Waals surface area contributed by atoms with Gasteiger partial charge in [0, 0.05) is 0 Å². The Kier molecular flexibility index (Phi) is 5.81. The first-order chi connectivity index (χ1) is 11.5. The van der Waals surface area contributed by atoms with E-state index in [2.05, 4.69) is 11.3 Å². The van der Waals surface area contributed by atoms with E-state index in [0.29, 0.717) is 12.4 Å². The zero-order valence-electron chi connectivity index (χ0n) is 13.4. The van der Waals surface area contributed by atoms with E-state index in [-0.39, 0.29) is 4.91 Å². The van der Waals surface area contributed by atoms with Gasteiger partial charge in [-0.15, -0.1) is 0 Å². The third-order valence-corrected chi connectivity index (χ3v) is 4.18. The van der Waals surface area contributed by atoms with Gasteiger partial charge in [0.1, 0.15) is 18.4 Å². The number of carbonyl (C=O) groups is 3. The SMILES string of the molecule is C=CCOc1ccc(/C=C2\SC(=O)N([C@H](C)C(=O)OC)C2=O)cc1. The summed E-state index contributed by atoms with van der Waals surface area (Å²) in [4.78, 5) is 37.1. The Morgan fingerprint density at radius 3 is 2.58 bits per heavy atom. The van der Waals surface area contributed by atoms with Crippen molar-refractivity contribution in [1.29, 1.82) is 0 Å². The first kappa shape index (κ1) is 17.8. The molecule has 0 aromatic heterocycles. The van der Waals surface area contributed by atoms with Gasteiger partial charge in [0.15, 0.2) is 0 Å². The molecule has 0 bridgehead atoms. The molecule has 1 saturated heterocycles. The average Bonchev–Trinajstić information content (AvgIpc) is 2.86. The molecule has 0 saturated carbocycles. The van der Waals surface area contributed by atoms with Gasteiger partial charge < -0.3 is 9.47 Å². The molecule has 126 valence electrons. The summed E-state index contributed by atoms with van der Waals surface area (Å²) in [5.41, 5.74) is 0.747. The zero-order chi connectivity index (χ0) is 17.7. The van der Waals surface area contributed by atoms with Crippen molar-refractivity contribution in [2.45, 2.75) is 13.0 Å². The summed E-state index contributed by atoms with van der Waals surface area (Å²) in [6.07, 6.45) is 3.25. The van der Waals surface area contributed by atoms with Crippen molar-refractivity contribution in [2.24, 2.45) is 0 Å². The van der Waals surface area contributed by atoms with Gasteiger partial charge in [-0.3, -0.25) is 14.5 Å². The smallest absolute Gasteiger partial charge is 0.328 e. The molecule has 2 amide bonds. The summed E-state index contributed by atoms with van der Waals surface area (Å²) >= 11 is 0.797. The molecule has 0 aliphatic carbocycles. The van der Waals surface area contributed by atoms with Gasteiger partial charge in [0.25, 0.3) is 11.1 Å². The van der Waals surface area contributed by atoms with Crippen LogP contribution in [-0.4, -0.2) is 41.8 Å². The standard InChI is InChI=1S/C17H17NO5S/c1-4-9-23-13-7-5-12(6-8-13)10-14-15(19)18(17(21)24-14)11(2)16(20)22-3/h4-8,10-11H,1,9H2,2-3H3/b14-10-/t11-/m1/s1. The molecule has 1 atom stereocenters. The van der Waals surface area contributed by atoms with Crippen LogP contribution < -0.4 is 4.74 Å². The number of amides is 2. The number of rotatable bonds is 6. The molecule has 1 aromatic rings. The minimum Gasteiger partial charge on any atom is -0.490 e. The predicted octanol–water partition coefficient (Wildman–Crippen LogP) is 2.85. The second-order valence-corrected chi connectivity index (χ2v) is 5.91. The Morgan fingerprint density at radius 2 is 2.00 bits per heavy atom. The first-order valence-electron chi connectivity index (χ1n) is 7.16. The molecule has 6 nitrogen and oxygen atoms in total. The van der Waals surface area contributed by atoms with Gasteiger partial charge in [-0.25, -0.2) is 4.79 Å². The highest BCUT2D eigenvalue weighted by atomic mass is 32.2. The highest BCUT2D eigenvalue weighted by molar-refractivity contribution is 8.18. The Hall–Kier alpha value is -2.54. The lowest BCUT2D eigenvalue weighted by Crippen LogP contribution is -2.42. The monoisotopic (exact) mass is 347 g/mol. The number of esters is 1. The van der Waals surface area contributed by atoms with E-state index in [1.807, 2.05) is 0 Å². The number of thioether (sulfide) groups is 1. The van der Waals surface area contributed by atoms with Crippen LogP contribution in [0.1, 0.15) is 12.5 Å². The van der Waals surface area contributed by atoms with Crippen molar-refractivity contribution >= 4 is 35.0 Å². The fraction of sp³-hybridized carbons (Fsp3) is 0.235. The maximum atomic E-state index is 12.4. The lowest BCUT2D eigenvalue weighted by Gasteiger charge is -2.18. The summed E-state index contributed by atoms with van der Waals surface area (Å²) in [6, 6.07) is 6.11. The average molecular weight is 347 g/mol. The number of methoxy groups -OCH3 is 1. The van der Waals surface area contributed by atoms with Gasteiger partial charge in [0.05, 0.1) is 12.0 Å². The molecular formula is C17H17NO5S. The Bertz CT molecular complexity index is 695. The molecule has 24 heavy (non-hydrogen) atoms. The Balaban J connectivity index is 2.16. The fourth-order valence-electron chi connectivity index (χ4n) is 2.06. The van der Waals surface area contributed by atoms with Crippen molar-refractivity contribution in [1.82, 2.24) is 4.90 Å². The number of imide groups is 1. The van der Waals surface area contributed by atoms with Gasteiger partial charge in [0.2, 0.25) is 0 Å². The quantitative estimate of drug-likeness (QED) is 0.448. The van der Waals surface area contributed by atoms with Crippen LogP contribution in [-0.2, 0) is 14.3 Å². The lowest BCUT2D eigenvalue weighted by atomic mass is 10.2. The summed E-state index contributed by atoms with van der Waals surface area (Å²) in [5, 5.41) is -0.491. The second kappa shape index (κ2) is 7.83. The van der Waals surface area contributed by atoms with Crippen LogP contribution in [0, 0.1) is 0 Å². The predicted molar refractivity (Wildman–Crippen MR) is 91.4 cm³/mol. The topological polar surface area (TPSA) is 72.9 Å². The third kappa shape index (κ3) is 3.86. The number of hydrogen-bond acceptors (Lipinski definition) is 6. The molecule has 1 heterocycles. The van der Waals surface area contributed by atoms with E-state index in [1.165, 1.54) is 14.0 Å². The van der Waals surface area contributed by atoms with Crippen molar-refractivity contribution in [3.63, 3.8) is 0 Å². The largest absolute Gasteiger partial charge is 0.490 e. The zero-order valence-corrected chi connectivity index (χ0v) is 14.2. The molecule has 7 heteroatoms. The number of nitrogens with zero attached hydrogens (tertiary/aromatic N) is 1. The summed E-state index contributed by atoms with van der Waals surface area (Å²) in [5.74, 6) is -0.461. The van der Waals surface area contributed by atoms with Gasteiger partial charge in [-0.1, -0.05) is 24.8 Å². The molecule has 1 aromatic carbocycles. The van der Waals surface area contributed by atoms with Gasteiger partial charge in [-0.2, -0.15) is 0 Å². The maximum Gasteiger partial charge on any atom is 0.328 e. The first-order valence-corrected chi connectivity index (χ1v) is 7.98. The van der Waals surface area contributed by atoms with Crippen LogP contribution >= 0.6 is 11.8 Å². The van der Waals surface area contributed by atoms with E-state index >= 15 is 0 Å². The van der Waals surface area contributed by atoms with Crippen LogP contribution in [0.2, 0.25) is 0 Å². The molecule has 1 aliphatic heterocycles. The van der Waals surface area contributed by atoms with Crippen molar-refractivity contribution in [3.8, 4) is 5.75 Å². The molecule has 0 spiro atoms. The van der Waals surface area contributed by atoms with Gasteiger partial charge in [-0.05, 0) is 42.5 Å². The Labute approximate surface area is 144 Å². The molecule has 1 fully saturated rings. The maximum absolute atomic E-state index is 12.4. The van der Waals surface area contributed by atoms with E-state index in [4.69, 9.17) is 4.74 Å². The third-order valence-electron chi connectivity index (χ3n) is 3.30. The molecule has 0 N–H and O–H groups in total. The van der Waals surface area contributed by atoms with Crippen LogP contribution in [0.4, 0.5) is 4.79 Å². The number of ether oxygens (including phenoxy) is 2. The van der Waals surface area contributed by atoms with Crippen molar-refractivity contribution in [2.75, 3.05) is 13.7 Å². The van der Waals surface area contributed by atoms with Crippen LogP contribution in [0.25, 0.3) is 6.08 Å². The minimum absolute atomic E-state index is 0.260. The number of hydrogen-bond donors (Lipinski definition) is 0. The Morgan fingerprint density at radius 1 is 1.33 bits per heavy atom. The van der Waals surface area contributed by atoms with E-state index < -0.39 is 23.2 Å². The number of carbonyl (C=O) groups excluding carboxylic acids is 3. The molecule has 0 radical (unpaired) electrons. The van der Waals surface area contributed by atoms with E-state index in [0.717, 1.165) is 22.2 Å². The van der Waals surface area contributed by atoms with Crippen LogP contribution in [0.15, 0.2) is 41.8 Å². The highest BCUT2D eigenvalue weighted by Crippen LogP contribution is 2.34. The highest BCUT2D eigenvalue weighted by Gasteiger charge is 2.41. The van der Waals surface area contributed by atoms with E-state index in [9.17, 15) is 14.4 Å². The van der Waals surface area contributed by atoms with Crippen LogP contribution in [0.5, 0.6) is 5.75 Å². The van der Waals surface area contributed by atoms with Gasteiger partial charge >= 0.3 is 5.97 Å². The number of benzene rings is 1. The van der Waals surface area contributed by atoms with Crippen molar-refractivity contribution < 1.29 is 23.9 Å². The summed E-state index contributed by atoms with van der Waals surface area (Å²) < 4.78 is 9.97. The molecule has 1 aliphatic rings. The molecule has 2 rings (SSSR count). The summed E-state index contributed by atoms with van der Waals surface area (Å²) in [7, 11) is 1.21. The normalized spacial score (nSPS) is 17.1. The van der Waals surface area contributed by atoms with Crippen LogP contribution in [0.3, 0.4) is 0 Å². The molecular weight excluding hydrogens is 330 g/mol. The fourth-order valence-corrected chi connectivity index (χ4v) is 2.96. The minimum atomic E-state index is -0.955. The van der Waals surface area contributed by atoms with Crippen molar-refractivity contribution in [3.05, 3.63) is 47.4 Å². The second-order valence-electron chi connectivity index (χ2n) is 4.92.